The van der Waals surface area contributed by atoms with Gasteiger partial charge in [0, 0.05) is 12.2 Å². The molecule has 5 fully saturated rings. The summed E-state index contributed by atoms with van der Waals surface area (Å²) in [6, 6.07) is -0.376. The molecule has 5 aliphatic rings. The number of nitrogens with zero attached hydrogens (tertiary/aromatic N) is 1. The van der Waals surface area contributed by atoms with Gasteiger partial charge in [0.25, 0.3) is 0 Å². The molecule has 0 radical (unpaired) electrons. The van der Waals surface area contributed by atoms with E-state index >= 15 is 0 Å². The number of ether oxygens (including phenoxy) is 1. The SMILES string of the molecule is C[C@H]1[C@@H](OC(=O)[C@@H]2CS[C@@]3(C)CCC(=O)N23)C[C@@H]2C[C@@H]1C2(C)C. The van der Waals surface area contributed by atoms with E-state index in [2.05, 4.69) is 27.7 Å². The van der Waals surface area contributed by atoms with Crippen molar-refractivity contribution in [2.45, 2.75) is 70.4 Å². The molecule has 0 aromatic rings. The van der Waals surface area contributed by atoms with E-state index in [0.29, 0.717) is 35.3 Å². The largest absolute Gasteiger partial charge is 0.461 e. The van der Waals surface area contributed by atoms with Crippen LogP contribution in [0.15, 0.2) is 0 Å². The molecule has 2 saturated heterocycles. The lowest BCUT2D eigenvalue weighted by molar-refractivity contribution is -0.190. The van der Waals surface area contributed by atoms with E-state index in [0.717, 1.165) is 12.8 Å². The fourth-order valence-corrected chi connectivity index (χ4v) is 6.90. The van der Waals surface area contributed by atoms with Gasteiger partial charge >= 0.3 is 5.97 Å². The van der Waals surface area contributed by atoms with E-state index in [1.165, 1.54) is 6.42 Å². The van der Waals surface area contributed by atoms with Crippen LogP contribution >= 0.6 is 11.8 Å². The van der Waals surface area contributed by atoms with Crippen LogP contribution in [0.25, 0.3) is 0 Å². The summed E-state index contributed by atoms with van der Waals surface area (Å²) < 4.78 is 5.94. The Labute approximate surface area is 142 Å². The van der Waals surface area contributed by atoms with Gasteiger partial charge in [-0.15, -0.1) is 11.8 Å². The van der Waals surface area contributed by atoms with E-state index in [1.54, 1.807) is 16.7 Å². The van der Waals surface area contributed by atoms with Crippen molar-refractivity contribution in [3.05, 3.63) is 0 Å². The molecule has 2 bridgehead atoms. The maximum atomic E-state index is 12.7. The molecule has 0 N–H and O–H groups in total. The number of thioether (sulfide) groups is 1. The fraction of sp³-hybridized carbons (Fsp3) is 0.889. The zero-order chi connectivity index (χ0) is 16.6. The van der Waals surface area contributed by atoms with Crippen LogP contribution in [0.5, 0.6) is 0 Å². The fourth-order valence-electron chi connectivity index (χ4n) is 5.48. The summed E-state index contributed by atoms with van der Waals surface area (Å²) in [5, 5.41) is 0. The Morgan fingerprint density at radius 2 is 2.04 bits per heavy atom. The second-order valence-electron chi connectivity index (χ2n) is 8.70. The van der Waals surface area contributed by atoms with Crippen LogP contribution in [0, 0.1) is 23.2 Å². The zero-order valence-corrected chi connectivity index (χ0v) is 15.3. The molecule has 2 heterocycles. The first-order chi connectivity index (χ1) is 10.7. The predicted molar refractivity (Wildman–Crippen MR) is 89.8 cm³/mol. The van der Waals surface area contributed by atoms with Crippen molar-refractivity contribution >= 4 is 23.6 Å². The van der Waals surface area contributed by atoms with E-state index in [-0.39, 0.29) is 28.9 Å². The van der Waals surface area contributed by atoms with Crippen LogP contribution in [0.2, 0.25) is 0 Å². The van der Waals surface area contributed by atoms with E-state index < -0.39 is 0 Å². The molecule has 3 aliphatic carbocycles. The summed E-state index contributed by atoms with van der Waals surface area (Å²) in [7, 11) is 0. The minimum atomic E-state index is -0.376. The molecule has 5 heteroatoms. The Hall–Kier alpha value is -0.710. The average Bonchev–Trinajstić information content (AvgIpc) is 2.97. The number of carbonyl (C=O) groups excluding carboxylic acids is 2. The maximum absolute atomic E-state index is 12.7. The number of hydrogen-bond donors (Lipinski definition) is 0. The highest BCUT2D eigenvalue weighted by Crippen LogP contribution is 2.61. The molecule has 0 aromatic heterocycles. The smallest absolute Gasteiger partial charge is 0.330 e. The predicted octanol–water partition coefficient (Wildman–Crippen LogP) is 3.05. The first-order valence-electron chi connectivity index (χ1n) is 8.90. The molecule has 23 heavy (non-hydrogen) atoms. The normalized spacial score (nSPS) is 47.2. The van der Waals surface area contributed by atoms with Crippen LogP contribution in [-0.2, 0) is 14.3 Å². The van der Waals surface area contributed by atoms with Crippen molar-refractivity contribution in [2.24, 2.45) is 23.2 Å². The van der Waals surface area contributed by atoms with Gasteiger partial charge in [0.1, 0.15) is 12.1 Å². The van der Waals surface area contributed by atoms with Crippen molar-refractivity contribution in [1.82, 2.24) is 4.90 Å². The summed E-state index contributed by atoms with van der Waals surface area (Å²) in [4.78, 5) is 26.5. The van der Waals surface area contributed by atoms with Gasteiger partial charge in [-0.1, -0.05) is 20.8 Å². The first-order valence-corrected chi connectivity index (χ1v) is 9.89. The summed E-state index contributed by atoms with van der Waals surface area (Å²) in [5.41, 5.74) is 0.398. The van der Waals surface area contributed by atoms with Gasteiger partial charge in [0.2, 0.25) is 5.91 Å². The van der Waals surface area contributed by atoms with Gasteiger partial charge in [-0.25, -0.2) is 4.79 Å². The number of fused-ring (bicyclic) bond motifs is 3. The van der Waals surface area contributed by atoms with Gasteiger partial charge in [-0.2, -0.15) is 0 Å². The second kappa shape index (κ2) is 4.90. The van der Waals surface area contributed by atoms with Crippen molar-refractivity contribution in [3.63, 3.8) is 0 Å². The van der Waals surface area contributed by atoms with Crippen molar-refractivity contribution in [3.8, 4) is 0 Å². The Bertz CT molecular complexity index is 562. The number of hydrogen-bond acceptors (Lipinski definition) is 4. The highest BCUT2D eigenvalue weighted by molar-refractivity contribution is 8.01. The van der Waals surface area contributed by atoms with Crippen molar-refractivity contribution in [2.75, 3.05) is 5.75 Å². The quantitative estimate of drug-likeness (QED) is 0.727. The molecule has 5 rings (SSSR count). The average molecular weight is 337 g/mol. The maximum Gasteiger partial charge on any atom is 0.330 e. The van der Waals surface area contributed by atoms with Gasteiger partial charge in [-0.05, 0) is 49.4 Å². The van der Waals surface area contributed by atoms with Gasteiger partial charge in [0.05, 0.1) is 4.87 Å². The summed E-state index contributed by atoms with van der Waals surface area (Å²) in [5.74, 6) is 2.38. The highest BCUT2D eigenvalue weighted by atomic mass is 32.2. The Balaban J connectivity index is 1.44. The molecule has 2 aliphatic heterocycles. The topological polar surface area (TPSA) is 46.6 Å². The lowest BCUT2D eigenvalue weighted by atomic mass is 9.45. The Morgan fingerprint density at radius 3 is 2.70 bits per heavy atom. The second-order valence-corrected chi connectivity index (χ2v) is 10.2. The van der Waals surface area contributed by atoms with Crippen LogP contribution in [-0.4, -0.2) is 39.5 Å². The molecule has 0 spiro atoms. The van der Waals surface area contributed by atoms with E-state index in [4.69, 9.17) is 4.74 Å². The molecule has 6 atom stereocenters. The molecule has 4 nitrogen and oxygen atoms in total. The molecular formula is C18H27NO3S. The van der Waals surface area contributed by atoms with Crippen LogP contribution in [0.1, 0.15) is 53.4 Å². The van der Waals surface area contributed by atoms with Crippen LogP contribution in [0.3, 0.4) is 0 Å². The third kappa shape index (κ3) is 2.11. The Kier molecular flexibility index (Phi) is 3.37. The third-order valence-corrected chi connectivity index (χ3v) is 8.77. The van der Waals surface area contributed by atoms with E-state index in [1.807, 2.05) is 0 Å². The minimum absolute atomic E-state index is 0.0360. The molecular weight excluding hydrogens is 310 g/mol. The van der Waals surface area contributed by atoms with Crippen LogP contribution < -0.4 is 0 Å². The lowest BCUT2D eigenvalue weighted by Crippen LogP contribution is -2.58. The van der Waals surface area contributed by atoms with E-state index in [9.17, 15) is 9.59 Å². The van der Waals surface area contributed by atoms with Crippen LogP contribution in [0.4, 0.5) is 0 Å². The first kappa shape index (κ1) is 15.8. The Morgan fingerprint density at radius 1 is 1.30 bits per heavy atom. The van der Waals surface area contributed by atoms with Gasteiger partial charge in [0.15, 0.2) is 0 Å². The lowest BCUT2D eigenvalue weighted by Gasteiger charge is -2.61. The monoisotopic (exact) mass is 337 g/mol. The standard InChI is InChI=1S/C18H27NO3S/c1-10-12-7-11(17(12,2)3)8-14(10)22-16(21)13-9-23-18(4)6-5-15(20)19(13)18/h10-14H,5-9H2,1-4H3/t10-,11+,12+,13+,14+,18+/m1/s1. The van der Waals surface area contributed by atoms with Crippen molar-refractivity contribution in [1.29, 1.82) is 0 Å². The number of carbonyl (C=O) groups is 2. The highest BCUT2D eigenvalue weighted by Gasteiger charge is 2.58. The molecule has 1 amide bonds. The van der Waals surface area contributed by atoms with Crippen molar-refractivity contribution < 1.29 is 14.3 Å². The summed E-state index contributed by atoms with van der Waals surface area (Å²) in [6.45, 7) is 9.01. The number of rotatable bonds is 2. The third-order valence-electron chi connectivity index (χ3n) is 7.27. The van der Waals surface area contributed by atoms with Gasteiger partial charge in [-0.3, -0.25) is 4.79 Å². The minimum Gasteiger partial charge on any atom is -0.461 e. The number of esters is 1. The summed E-state index contributed by atoms with van der Waals surface area (Å²) in [6.07, 6.45) is 3.71. The molecule has 3 saturated carbocycles. The molecule has 0 unspecified atom stereocenters. The summed E-state index contributed by atoms with van der Waals surface area (Å²) >= 11 is 1.73. The van der Waals surface area contributed by atoms with Gasteiger partial charge < -0.3 is 9.64 Å². The molecule has 128 valence electrons. The molecule has 0 aromatic carbocycles. The number of amides is 1. The zero-order valence-electron chi connectivity index (χ0n) is 14.5.